The van der Waals surface area contributed by atoms with E-state index in [0.29, 0.717) is 12.5 Å². The molecule has 1 aliphatic heterocycles. The van der Waals surface area contributed by atoms with Crippen LogP contribution in [0.2, 0.25) is 0 Å². The van der Waals surface area contributed by atoms with Gasteiger partial charge in [0.25, 0.3) is 0 Å². The predicted octanol–water partition coefficient (Wildman–Crippen LogP) is 1.68. The Kier molecular flexibility index (Phi) is 1.56. The number of cyclic esters (lactones) is 1. The molecule has 2 unspecified atom stereocenters. The molecule has 0 bridgehead atoms. The summed E-state index contributed by atoms with van der Waals surface area (Å²) in [5.74, 6) is 0.263. The van der Waals surface area contributed by atoms with Crippen LogP contribution in [0.5, 0.6) is 0 Å². The monoisotopic (exact) mass is 164 g/mol. The van der Waals surface area contributed by atoms with E-state index < -0.39 is 0 Å². The third kappa shape index (κ3) is 0.909. The van der Waals surface area contributed by atoms with Crippen LogP contribution in [0.15, 0.2) is 23.3 Å². The number of hydrogen-bond acceptors (Lipinski definition) is 2. The molecule has 0 aromatic heterocycles. The number of rotatable bonds is 0. The van der Waals surface area contributed by atoms with Gasteiger partial charge in [-0.3, -0.25) is 4.79 Å². The lowest BCUT2D eigenvalue weighted by atomic mass is 9.93. The van der Waals surface area contributed by atoms with Gasteiger partial charge in [-0.2, -0.15) is 0 Å². The number of hydrogen-bond donors (Lipinski definition) is 0. The van der Waals surface area contributed by atoms with Crippen molar-refractivity contribution in [2.24, 2.45) is 11.8 Å². The summed E-state index contributed by atoms with van der Waals surface area (Å²) in [4.78, 5) is 11.3. The minimum Gasteiger partial charge on any atom is -0.465 e. The summed E-state index contributed by atoms with van der Waals surface area (Å²) in [6.45, 7) is 4.64. The molecule has 0 spiro atoms. The van der Waals surface area contributed by atoms with Crippen molar-refractivity contribution < 1.29 is 9.53 Å². The second kappa shape index (κ2) is 2.47. The lowest BCUT2D eigenvalue weighted by Crippen LogP contribution is -2.12. The molecule has 1 aliphatic carbocycles. The van der Waals surface area contributed by atoms with Gasteiger partial charge >= 0.3 is 5.97 Å². The Morgan fingerprint density at radius 3 is 3.00 bits per heavy atom. The van der Waals surface area contributed by atoms with Crippen molar-refractivity contribution in [3.8, 4) is 0 Å². The summed E-state index contributed by atoms with van der Waals surface area (Å²) >= 11 is 0. The first kappa shape index (κ1) is 7.59. The molecule has 2 rings (SSSR count). The summed E-state index contributed by atoms with van der Waals surface area (Å²) in [6, 6.07) is 0. The highest BCUT2D eigenvalue weighted by molar-refractivity contribution is 5.81. The molecular formula is C10H12O2. The molecule has 1 fully saturated rings. The Hall–Kier alpha value is -1.05. The number of esters is 1. The largest absolute Gasteiger partial charge is 0.465 e. The SMILES string of the molecule is CC(C)=C1C=CC2COC(=O)C12. The van der Waals surface area contributed by atoms with Gasteiger partial charge in [-0.1, -0.05) is 17.7 Å². The van der Waals surface area contributed by atoms with Gasteiger partial charge in [-0.15, -0.1) is 0 Å². The average Bonchev–Trinajstić information content (AvgIpc) is 2.53. The van der Waals surface area contributed by atoms with E-state index in [2.05, 4.69) is 12.2 Å². The van der Waals surface area contributed by atoms with Crippen LogP contribution in [0.25, 0.3) is 0 Å². The fourth-order valence-electron chi connectivity index (χ4n) is 1.87. The molecule has 12 heavy (non-hydrogen) atoms. The lowest BCUT2D eigenvalue weighted by Gasteiger charge is -2.06. The van der Waals surface area contributed by atoms with E-state index in [9.17, 15) is 4.79 Å². The molecule has 2 nitrogen and oxygen atoms in total. The quantitative estimate of drug-likeness (QED) is 0.509. The number of carbonyl (C=O) groups excluding carboxylic acids is 1. The molecular weight excluding hydrogens is 152 g/mol. The molecule has 0 saturated carbocycles. The Morgan fingerprint density at radius 2 is 2.33 bits per heavy atom. The maximum absolute atomic E-state index is 11.3. The highest BCUT2D eigenvalue weighted by Crippen LogP contribution is 2.37. The Morgan fingerprint density at radius 1 is 1.58 bits per heavy atom. The molecule has 2 atom stereocenters. The summed E-state index contributed by atoms with van der Waals surface area (Å²) < 4.78 is 4.98. The van der Waals surface area contributed by atoms with Gasteiger partial charge in [-0.05, 0) is 19.4 Å². The van der Waals surface area contributed by atoms with Crippen LogP contribution in [0.4, 0.5) is 0 Å². The molecule has 0 radical (unpaired) electrons. The van der Waals surface area contributed by atoms with Crippen LogP contribution < -0.4 is 0 Å². The van der Waals surface area contributed by atoms with Crippen molar-refractivity contribution in [1.82, 2.24) is 0 Å². The third-order valence-corrected chi connectivity index (χ3v) is 2.54. The fourth-order valence-corrected chi connectivity index (χ4v) is 1.87. The number of allylic oxidation sites excluding steroid dienone is 2. The molecule has 0 N–H and O–H groups in total. The van der Waals surface area contributed by atoms with Crippen molar-refractivity contribution in [3.63, 3.8) is 0 Å². The molecule has 0 aromatic carbocycles. The predicted molar refractivity (Wildman–Crippen MR) is 45.5 cm³/mol. The van der Waals surface area contributed by atoms with E-state index in [1.165, 1.54) is 5.57 Å². The fraction of sp³-hybridized carbons (Fsp3) is 0.500. The minimum absolute atomic E-state index is 0.00926. The number of ether oxygens (including phenoxy) is 1. The molecule has 2 aliphatic rings. The van der Waals surface area contributed by atoms with Crippen LogP contribution >= 0.6 is 0 Å². The summed E-state index contributed by atoms with van der Waals surface area (Å²) in [5, 5.41) is 0. The van der Waals surface area contributed by atoms with Gasteiger partial charge in [0, 0.05) is 5.92 Å². The smallest absolute Gasteiger partial charge is 0.314 e. The summed E-state index contributed by atoms with van der Waals surface area (Å²) in [5.41, 5.74) is 2.38. The molecule has 64 valence electrons. The Balaban J connectivity index is 2.38. The summed E-state index contributed by atoms with van der Waals surface area (Å²) in [6.07, 6.45) is 4.14. The van der Waals surface area contributed by atoms with Crippen LogP contribution in [0.1, 0.15) is 13.8 Å². The Bertz CT molecular complexity index is 282. The maximum atomic E-state index is 11.3. The standard InChI is InChI=1S/C10H12O2/c1-6(2)8-4-3-7-5-12-10(11)9(7)8/h3-4,7,9H,5H2,1-2H3. The first-order chi connectivity index (χ1) is 5.70. The molecule has 2 heteroatoms. The van der Waals surface area contributed by atoms with Crippen molar-refractivity contribution in [1.29, 1.82) is 0 Å². The van der Waals surface area contributed by atoms with Crippen LogP contribution in [-0.4, -0.2) is 12.6 Å². The topological polar surface area (TPSA) is 26.3 Å². The van der Waals surface area contributed by atoms with Gasteiger partial charge in [0.05, 0.1) is 12.5 Å². The minimum atomic E-state index is -0.0544. The van der Waals surface area contributed by atoms with Crippen LogP contribution in [-0.2, 0) is 9.53 Å². The average molecular weight is 164 g/mol. The van der Waals surface area contributed by atoms with Gasteiger partial charge < -0.3 is 4.74 Å². The van der Waals surface area contributed by atoms with Crippen LogP contribution in [0, 0.1) is 11.8 Å². The van der Waals surface area contributed by atoms with E-state index in [-0.39, 0.29) is 11.9 Å². The summed E-state index contributed by atoms with van der Waals surface area (Å²) in [7, 11) is 0. The number of carbonyl (C=O) groups is 1. The molecule has 1 heterocycles. The third-order valence-electron chi connectivity index (χ3n) is 2.54. The molecule has 0 aromatic rings. The van der Waals surface area contributed by atoms with Crippen molar-refractivity contribution >= 4 is 5.97 Å². The zero-order chi connectivity index (χ0) is 8.72. The van der Waals surface area contributed by atoms with Gasteiger partial charge in [0.1, 0.15) is 0 Å². The second-order valence-corrected chi connectivity index (χ2v) is 3.59. The zero-order valence-corrected chi connectivity index (χ0v) is 7.33. The van der Waals surface area contributed by atoms with E-state index in [0.717, 1.165) is 5.57 Å². The number of fused-ring (bicyclic) bond motifs is 1. The van der Waals surface area contributed by atoms with Gasteiger partial charge in [0.2, 0.25) is 0 Å². The highest BCUT2D eigenvalue weighted by Gasteiger charge is 2.40. The maximum Gasteiger partial charge on any atom is 0.314 e. The zero-order valence-electron chi connectivity index (χ0n) is 7.33. The van der Waals surface area contributed by atoms with E-state index in [1.807, 2.05) is 13.8 Å². The van der Waals surface area contributed by atoms with E-state index in [4.69, 9.17) is 4.74 Å². The van der Waals surface area contributed by atoms with Gasteiger partial charge in [-0.25, -0.2) is 0 Å². The molecule has 0 amide bonds. The van der Waals surface area contributed by atoms with Crippen molar-refractivity contribution in [2.75, 3.05) is 6.61 Å². The first-order valence-corrected chi connectivity index (χ1v) is 4.22. The first-order valence-electron chi connectivity index (χ1n) is 4.22. The van der Waals surface area contributed by atoms with E-state index in [1.54, 1.807) is 0 Å². The van der Waals surface area contributed by atoms with Gasteiger partial charge in [0.15, 0.2) is 0 Å². The highest BCUT2D eigenvalue weighted by atomic mass is 16.5. The van der Waals surface area contributed by atoms with E-state index >= 15 is 0 Å². The second-order valence-electron chi connectivity index (χ2n) is 3.59. The van der Waals surface area contributed by atoms with Crippen LogP contribution in [0.3, 0.4) is 0 Å². The lowest BCUT2D eigenvalue weighted by molar-refractivity contribution is -0.140. The van der Waals surface area contributed by atoms with Crippen molar-refractivity contribution in [2.45, 2.75) is 13.8 Å². The molecule has 1 saturated heterocycles. The normalized spacial score (nSPS) is 32.2. The van der Waals surface area contributed by atoms with Crippen molar-refractivity contribution in [3.05, 3.63) is 23.3 Å². The Labute approximate surface area is 71.9 Å².